The molecule has 0 fully saturated rings. The molecule has 3 nitrogen and oxygen atoms in total. The molecule has 0 radical (unpaired) electrons. The first-order valence-electron chi connectivity index (χ1n) is 8.16. The highest BCUT2D eigenvalue weighted by atomic mass is 35.5. The molecule has 3 rings (SSSR count). The molecule has 132 valence electrons. The fourth-order valence-electron chi connectivity index (χ4n) is 2.67. The van der Waals surface area contributed by atoms with E-state index in [0.29, 0.717) is 12.1 Å². The molecule has 0 saturated heterocycles. The van der Waals surface area contributed by atoms with Crippen LogP contribution in [0.4, 0.5) is 0 Å². The minimum absolute atomic E-state index is 0. The number of rotatable bonds is 5. The molecule has 0 spiro atoms. The van der Waals surface area contributed by atoms with Gasteiger partial charge in [0.1, 0.15) is 0 Å². The molecule has 26 heavy (non-hydrogen) atoms. The number of carbonyl (C=O) groups is 1. The molecule has 0 aliphatic heterocycles. The largest absolute Gasteiger partial charge is 1.00 e. The van der Waals surface area contributed by atoms with Gasteiger partial charge in [0.25, 0.3) is 0 Å². The Balaban J connectivity index is 0.00000243. The van der Waals surface area contributed by atoms with Crippen LogP contribution in [-0.4, -0.2) is 11.1 Å². The summed E-state index contributed by atoms with van der Waals surface area (Å²) >= 11 is 0. The second-order valence-corrected chi connectivity index (χ2v) is 6.06. The molecule has 0 aliphatic rings. The van der Waals surface area contributed by atoms with Crippen molar-refractivity contribution in [3.8, 4) is 0 Å². The maximum Gasteiger partial charge on any atom is 0.335 e. The van der Waals surface area contributed by atoms with Crippen LogP contribution in [-0.2, 0) is 6.54 Å². The average Bonchev–Trinajstić information content (AvgIpc) is 2.61. The number of aryl methyl sites for hydroxylation is 1. The lowest BCUT2D eigenvalue weighted by Crippen LogP contribution is -3.00. The Morgan fingerprint density at radius 3 is 2.35 bits per heavy atom. The van der Waals surface area contributed by atoms with Gasteiger partial charge in [0.05, 0.1) is 5.56 Å². The van der Waals surface area contributed by atoms with Crippen LogP contribution in [0.2, 0.25) is 0 Å². The highest BCUT2D eigenvalue weighted by Gasteiger charge is 2.06. The number of carboxylic acid groups (broad SMARTS) is 1. The van der Waals surface area contributed by atoms with Gasteiger partial charge in [-0.1, -0.05) is 54.1 Å². The molecule has 0 aliphatic carbocycles. The monoisotopic (exact) mass is 365 g/mol. The second kappa shape index (κ2) is 8.97. The Hall–Kier alpha value is -2.91. The molecule has 3 aromatic rings. The standard InChI is InChI=1S/C22H19NO2.ClH/c1-17-4-2-5-19(14-17)9-8-18-10-12-23(13-11-18)16-20-6-3-7-21(15-20)22(24)25;/h2-15H,16H2,1H3;1H/b9-8-;. The SMILES string of the molecule is Cc1cccc(/C=C\c2cc[n+](Cc3cccc(C(=O)O)c3)cc2)c1.[Cl-]. The van der Waals surface area contributed by atoms with Crippen molar-refractivity contribution in [2.75, 3.05) is 0 Å². The Kier molecular flexibility index (Phi) is 6.70. The minimum atomic E-state index is -0.900. The second-order valence-electron chi connectivity index (χ2n) is 6.06. The van der Waals surface area contributed by atoms with E-state index in [4.69, 9.17) is 5.11 Å². The quantitative estimate of drug-likeness (QED) is 0.690. The van der Waals surface area contributed by atoms with Gasteiger partial charge in [0.2, 0.25) is 0 Å². The first-order valence-corrected chi connectivity index (χ1v) is 8.16. The van der Waals surface area contributed by atoms with E-state index < -0.39 is 5.97 Å². The molecule has 1 aromatic heterocycles. The summed E-state index contributed by atoms with van der Waals surface area (Å²) in [6.45, 7) is 2.73. The molecular formula is C22H20ClNO2. The van der Waals surface area contributed by atoms with Crippen molar-refractivity contribution in [3.05, 3.63) is 101 Å². The summed E-state index contributed by atoms with van der Waals surface area (Å²) < 4.78 is 2.03. The zero-order chi connectivity index (χ0) is 17.6. The summed E-state index contributed by atoms with van der Waals surface area (Å²) in [4.78, 5) is 11.0. The summed E-state index contributed by atoms with van der Waals surface area (Å²) in [5.74, 6) is -0.900. The Bertz CT molecular complexity index is 917. The Morgan fingerprint density at radius 1 is 0.962 bits per heavy atom. The van der Waals surface area contributed by atoms with Gasteiger partial charge in [0, 0.05) is 17.7 Å². The molecular weight excluding hydrogens is 346 g/mol. The van der Waals surface area contributed by atoms with Crippen LogP contribution in [0, 0.1) is 6.92 Å². The van der Waals surface area contributed by atoms with Crippen molar-refractivity contribution < 1.29 is 26.9 Å². The van der Waals surface area contributed by atoms with Crippen LogP contribution < -0.4 is 17.0 Å². The highest BCUT2D eigenvalue weighted by Crippen LogP contribution is 2.09. The van der Waals surface area contributed by atoms with Crippen LogP contribution in [0.5, 0.6) is 0 Å². The van der Waals surface area contributed by atoms with Crippen molar-refractivity contribution in [3.63, 3.8) is 0 Å². The first kappa shape index (κ1) is 19.4. The number of pyridine rings is 1. The first-order chi connectivity index (χ1) is 12.1. The van der Waals surface area contributed by atoms with E-state index in [1.54, 1.807) is 18.2 Å². The zero-order valence-corrected chi connectivity index (χ0v) is 15.2. The van der Waals surface area contributed by atoms with Crippen molar-refractivity contribution >= 4 is 18.1 Å². The van der Waals surface area contributed by atoms with Crippen LogP contribution in [0.15, 0.2) is 73.1 Å². The summed E-state index contributed by atoms with van der Waals surface area (Å²) in [6.07, 6.45) is 8.19. The Morgan fingerprint density at radius 2 is 1.65 bits per heavy atom. The van der Waals surface area contributed by atoms with Crippen LogP contribution >= 0.6 is 0 Å². The summed E-state index contributed by atoms with van der Waals surface area (Å²) in [6, 6.07) is 19.5. The molecule has 0 unspecified atom stereocenters. The molecule has 1 N–H and O–H groups in total. The summed E-state index contributed by atoms with van der Waals surface area (Å²) in [5.41, 5.74) is 4.83. The maximum absolute atomic E-state index is 11.0. The number of hydrogen-bond donors (Lipinski definition) is 1. The fourth-order valence-corrected chi connectivity index (χ4v) is 2.67. The van der Waals surface area contributed by atoms with E-state index in [1.807, 2.05) is 35.2 Å². The van der Waals surface area contributed by atoms with Gasteiger partial charge in [-0.25, -0.2) is 9.36 Å². The Labute approximate surface area is 159 Å². The number of aromatic nitrogens is 1. The van der Waals surface area contributed by atoms with Gasteiger partial charge < -0.3 is 17.5 Å². The number of halogens is 1. The smallest absolute Gasteiger partial charge is 0.335 e. The van der Waals surface area contributed by atoms with Gasteiger partial charge in [0.15, 0.2) is 18.9 Å². The molecule has 0 amide bonds. The lowest BCUT2D eigenvalue weighted by molar-refractivity contribution is -0.688. The average molecular weight is 366 g/mol. The molecule has 0 atom stereocenters. The van der Waals surface area contributed by atoms with Gasteiger partial charge in [-0.15, -0.1) is 0 Å². The number of nitrogens with zero attached hydrogens (tertiary/aromatic N) is 1. The molecule has 4 heteroatoms. The normalized spacial score (nSPS) is 10.5. The zero-order valence-electron chi connectivity index (χ0n) is 14.5. The molecule has 0 bridgehead atoms. The van der Waals surface area contributed by atoms with E-state index in [1.165, 1.54) is 11.1 Å². The third-order valence-electron chi connectivity index (χ3n) is 3.97. The highest BCUT2D eigenvalue weighted by molar-refractivity contribution is 5.87. The predicted octanol–water partition coefficient (Wildman–Crippen LogP) is 1.20. The number of hydrogen-bond acceptors (Lipinski definition) is 1. The van der Waals surface area contributed by atoms with Crippen LogP contribution in [0.1, 0.15) is 32.6 Å². The van der Waals surface area contributed by atoms with E-state index >= 15 is 0 Å². The summed E-state index contributed by atoms with van der Waals surface area (Å²) in [5, 5.41) is 9.07. The van der Waals surface area contributed by atoms with E-state index in [0.717, 1.165) is 11.1 Å². The molecule has 2 aromatic carbocycles. The van der Waals surface area contributed by atoms with Gasteiger partial charge in [-0.3, -0.25) is 0 Å². The van der Waals surface area contributed by atoms with Crippen molar-refractivity contribution in [2.24, 2.45) is 0 Å². The van der Waals surface area contributed by atoms with Crippen molar-refractivity contribution in [2.45, 2.75) is 13.5 Å². The van der Waals surface area contributed by atoms with E-state index in [9.17, 15) is 4.79 Å². The fraction of sp³-hybridized carbons (Fsp3) is 0.0909. The van der Waals surface area contributed by atoms with Crippen LogP contribution in [0.3, 0.4) is 0 Å². The third kappa shape index (κ3) is 5.30. The number of carboxylic acids is 1. The lowest BCUT2D eigenvalue weighted by atomic mass is 10.1. The topological polar surface area (TPSA) is 41.2 Å². The summed E-state index contributed by atoms with van der Waals surface area (Å²) in [7, 11) is 0. The van der Waals surface area contributed by atoms with Gasteiger partial charge in [-0.2, -0.15) is 0 Å². The lowest BCUT2D eigenvalue weighted by Gasteiger charge is -2.00. The molecule has 1 heterocycles. The maximum atomic E-state index is 11.0. The van der Waals surface area contributed by atoms with Gasteiger partial charge in [-0.05, 0) is 30.2 Å². The van der Waals surface area contributed by atoms with Crippen molar-refractivity contribution in [1.82, 2.24) is 0 Å². The predicted molar refractivity (Wildman–Crippen MR) is 99.2 cm³/mol. The van der Waals surface area contributed by atoms with Gasteiger partial charge >= 0.3 is 5.97 Å². The van der Waals surface area contributed by atoms with Crippen molar-refractivity contribution in [1.29, 1.82) is 0 Å². The van der Waals surface area contributed by atoms with E-state index in [2.05, 4.69) is 43.3 Å². The van der Waals surface area contributed by atoms with Crippen LogP contribution in [0.25, 0.3) is 12.2 Å². The third-order valence-corrected chi connectivity index (χ3v) is 3.97. The van der Waals surface area contributed by atoms with E-state index in [-0.39, 0.29) is 12.4 Å². The number of aromatic carboxylic acids is 1. The minimum Gasteiger partial charge on any atom is -1.00 e. The number of benzene rings is 2. The molecule has 0 saturated carbocycles.